The van der Waals surface area contributed by atoms with E-state index in [0.29, 0.717) is 21.6 Å². The fraction of sp³-hybridized carbons (Fsp3) is 0.368. The number of fused-ring (bicyclic) bond motifs is 1. The van der Waals surface area contributed by atoms with Gasteiger partial charge in [-0.05, 0) is 18.9 Å². The highest BCUT2D eigenvalue weighted by Crippen LogP contribution is 2.30. The van der Waals surface area contributed by atoms with Crippen LogP contribution in [-0.4, -0.2) is 44.1 Å². The maximum Gasteiger partial charge on any atom is 0.405 e. The fourth-order valence-corrected chi connectivity index (χ4v) is 2.98. The largest absolute Gasteiger partial charge is 0.405 e. The number of aromatic amines is 1. The van der Waals surface area contributed by atoms with E-state index < -0.39 is 35.9 Å². The first-order chi connectivity index (χ1) is 14.4. The summed E-state index contributed by atoms with van der Waals surface area (Å²) in [6, 6.07) is 1.64. The number of halogens is 5. The van der Waals surface area contributed by atoms with E-state index in [-0.39, 0.29) is 11.6 Å². The van der Waals surface area contributed by atoms with Crippen molar-refractivity contribution in [3.8, 4) is 11.4 Å². The van der Waals surface area contributed by atoms with Gasteiger partial charge in [0.15, 0.2) is 17.5 Å². The molecule has 31 heavy (non-hydrogen) atoms. The number of hydrogen-bond acceptors (Lipinski definition) is 5. The molecule has 0 aliphatic heterocycles. The highest BCUT2D eigenvalue weighted by Gasteiger charge is 2.39. The fourth-order valence-electron chi connectivity index (χ4n) is 2.82. The van der Waals surface area contributed by atoms with E-state index in [0.717, 1.165) is 6.20 Å². The predicted molar refractivity (Wildman–Crippen MR) is 108 cm³/mol. The quantitative estimate of drug-likeness (QED) is 0.478. The van der Waals surface area contributed by atoms with Crippen molar-refractivity contribution in [3.05, 3.63) is 35.5 Å². The lowest BCUT2D eigenvalue weighted by Gasteiger charge is -2.34. The topological polar surface area (TPSA) is 95.6 Å². The number of carbonyl (C=O) groups excluding carboxylic acids is 1. The van der Waals surface area contributed by atoms with E-state index >= 15 is 0 Å². The Morgan fingerprint density at radius 2 is 1.97 bits per heavy atom. The van der Waals surface area contributed by atoms with Crippen molar-refractivity contribution in [2.45, 2.75) is 32.5 Å². The molecular weight excluding hydrogens is 440 g/mol. The Balaban J connectivity index is 1.96. The molecule has 0 unspecified atom stereocenters. The molecule has 0 aromatic carbocycles. The van der Waals surface area contributed by atoms with Crippen LogP contribution < -0.4 is 10.6 Å². The van der Waals surface area contributed by atoms with Crippen LogP contribution in [0.4, 0.5) is 23.4 Å². The summed E-state index contributed by atoms with van der Waals surface area (Å²) in [5.74, 6) is -2.53. The lowest BCUT2D eigenvalue weighted by Crippen LogP contribution is -2.55. The smallest absolute Gasteiger partial charge is 0.353 e. The molecular formula is C19H19ClF4N6O. The first-order valence-corrected chi connectivity index (χ1v) is 9.57. The Hall–Kier alpha value is -2.95. The standard InChI is InChI=1S/C19H19ClF4N6O/c1-9(2)18(3,17(31)28-8-19(22,23)24)30-16-13(21)7-27-15(29-16)12-6-26-14-11(12)4-10(20)5-25-14/h4-7,9H,8H2,1-3H3,(H,25,26)(H,28,31)(H,27,29,30)/t18-/m1/s1. The summed E-state index contributed by atoms with van der Waals surface area (Å²) in [5, 5.41) is 5.47. The number of pyridine rings is 1. The average molecular weight is 459 g/mol. The monoisotopic (exact) mass is 458 g/mol. The van der Waals surface area contributed by atoms with Gasteiger partial charge in [-0.15, -0.1) is 0 Å². The summed E-state index contributed by atoms with van der Waals surface area (Å²) in [6.07, 6.45) is -0.639. The third kappa shape index (κ3) is 4.87. The minimum absolute atomic E-state index is 0.112. The number of nitrogens with one attached hydrogen (secondary N) is 3. The molecule has 0 aliphatic carbocycles. The van der Waals surface area contributed by atoms with Crippen LogP contribution in [0.2, 0.25) is 5.02 Å². The predicted octanol–water partition coefficient (Wildman–Crippen LogP) is 4.32. The number of aromatic nitrogens is 4. The van der Waals surface area contributed by atoms with E-state index in [2.05, 4.69) is 25.3 Å². The second kappa shape index (κ2) is 8.29. The third-order valence-electron chi connectivity index (χ3n) is 4.94. The molecule has 0 saturated carbocycles. The number of alkyl halides is 3. The molecule has 0 bridgehead atoms. The van der Waals surface area contributed by atoms with E-state index in [4.69, 9.17) is 11.6 Å². The van der Waals surface area contributed by atoms with Crippen molar-refractivity contribution < 1.29 is 22.4 Å². The van der Waals surface area contributed by atoms with Crippen LogP contribution in [0.5, 0.6) is 0 Å². The molecule has 3 heterocycles. The number of hydrogen-bond donors (Lipinski definition) is 3. The lowest BCUT2D eigenvalue weighted by molar-refractivity contribution is -0.141. The Morgan fingerprint density at radius 3 is 2.61 bits per heavy atom. The number of rotatable bonds is 6. The van der Waals surface area contributed by atoms with Crippen LogP contribution in [-0.2, 0) is 4.79 Å². The van der Waals surface area contributed by atoms with Crippen LogP contribution in [0.3, 0.4) is 0 Å². The Morgan fingerprint density at radius 1 is 1.26 bits per heavy atom. The van der Waals surface area contributed by atoms with E-state index in [1.807, 2.05) is 5.32 Å². The normalized spacial score (nSPS) is 14.0. The highest BCUT2D eigenvalue weighted by atomic mass is 35.5. The van der Waals surface area contributed by atoms with Crippen LogP contribution in [0.1, 0.15) is 20.8 Å². The van der Waals surface area contributed by atoms with Gasteiger partial charge in [-0.25, -0.2) is 19.3 Å². The minimum Gasteiger partial charge on any atom is -0.353 e. The Kier molecular flexibility index (Phi) is 6.08. The van der Waals surface area contributed by atoms with Gasteiger partial charge in [0.25, 0.3) is 0 Å². The number of H-pyrrole nitrogens is 1. The number of nitrogens with zero attached hydrogens (tertiary/aromatic N) is 3. The second-order valence-corrected chi connectivity index (χ2v) is 7.86. The summed E-state index contributed by atoms with van der Waals surface area (Å²) in [6.45, 7) is 3.11. The van der Waals surface area contributed by atoms with Crippen molar-refractivity contribution in [2.24, 2.45) is 5.92 Å². The SMILES string of the molecule is CC(C)[C@@](C)(Nc1nc(-c2c[nH]c3ncc(Cl)cc23)ncc1F)C(=O)NCC(F)(F)F. The number of amides is 1. The van der Waals surface area contributed by atoms with Gasteiger partial charge in [0.2, 0.25) is 5.91 Å². The molecule has 3 aromatic heterocycles. The number of anilines is 1. The van der Waals surface area contributed by atoms with Gasteiger partial charge in [-0.1, -0.05) is 25.4 Å². The zero-order chi connectivity index (χ0) is 23.0. The molecule has 0 saturated heterocycles. The maximum atomic E-state index is 14.5. The summed E-state index contributed by atoms with van der Waals surface area (Å²) in [5.41, 5.74) is -0.579. The van der Waals surface area contributed by atoms with Crippen molar-refractivity contribution in [3.63, 3.8) is 0 Å². The van der Waals surface area contributed by atoms with E-state index in [9.17, 15) is 22.4 Å². The zero-order valence-corrected chi connectivity index (χ0v) is 17.5. The molecule has 1 atom stereocenters. The van der Waals surface area contributed by atoms with Crippen molar-refractivity contribution in [1.82, 2.24) is 25.3 Å². The molecule has 7 nitrogen and oxygen atoms in total. The van der Waals surface area contributed by atoms with Gasteiger partial charge in [0.1, 0.15) is 17.7 Å². The number of carbonyl (C=O) groups is 1. The molecule has 1 amide bonds. The highest BCUT2D eigenvalue weighted by molar-refractivity contribution is 6.31. The van der Waals surface area contributed by atoms with Crippen LogP contribution >= 0.6 is 11.6 Å². The summed E-state index contributed by atoms with van der Waals surface area (Å²) < 4.78 is 52.1. The molecule has 0 fully saturated rings. The first kappa shape index (κ1) is 22.7. The minimum atomic E-state index is -4.58. The lowest BCUT2D eigenvalue weighted by atomic mass is 9.87. The molecule has 0 spiro atoms. The van der Waals surface area contributed by atoms with Gasteiger partial charge >= 0.3 is 6.18 Å². The van der Waals surface area contributed by atoms with Gasteiger partial charge < -0.3 is 15.6 Å². The summed E-state index contributed by atoms with van der Waals surface area (Å²) in [7, 11) is 0. The maximum absolute atomic E-state index is 14.5. The molecule has 166 valence electrons. The first-order valence-electron chi connectivity index (χ1n) is 9.19. The zero-order valence-electron chi connectivity index (χ0n) is 16.7. The third-order valence-corrected chi connectivity index (χ3v) is 5.14. The van der Waals surface area contributed by atoms with Crippen LogP contribution in [0.25, 0.3) is 22.4 Å². The van der Waals surface area contributed by atoms with Gasteiger partial charge in [0.05, 0.1) is 11.2 Å². The summed E-state index contributed by atoms with van der Waals surface area (Å²) >= 11 is 6.00. The van der Waals surface area contributed by atoms with E-state index in [1.165, 1.54) is 13.1 Å². The Bertz CT molecular complexity index is 1120. The average Bonchev–Trinajstić information content (AvgIpc) is 3.10. The van der Waals surface area contributed by atoms with Crippen LogP contribution in [0, 0.1) is 11.7 Å². The van der Waals surface area contributed by atoms with Crippen LogP contribution in [0.15, 0.2) is 24.7 Å². The van der Waals surface area contributed by atoms with Gasteiger partial charge in [-0.3, -0.25) is 4.79 Å². The molecule has 0 radical (unpaired) electrons. The van der Waals surface area contributed by atoms with E-state index in [1.54, 1.807) is 26.1 Å². The van der Waals surface area contributed by atoms with Crippen molar-refractivity contribution in [1.29, 1.82) is 0 Å². The Labute approximate surface area is 179 Å². The van der Waals surface area contributed by atoms with Crippen molar-refractivity contribution in [2.75, 3.05) is 11.9 Å². The molecule has 3 rings (SSSR count). The summed E-state index contributed by atoms with van der Waals surface area (Å²) in [4.78, 5) is 27.7. The molecule has 3 aromatic rings. The molecule has 0 aliphatic rings. The van der Waals surface area contributed by atoms with Crippen molar-refractivity contribution >= 4 is 34.4 Å². The molecule has 12 heteroatoms. The van der Waals surface area contributed by atoms with Gasteiger partial charge in [0, 0.05) is 23.3 Å². The second-order valence-electron chi connectivity index (χ2n) is 7.42. The molecule has 3 N–H and O–H groups in total. The van der Waals surface area contributed by atoms with Gasteiger partial charge in [-0.2, -0.15) is 13.2 Å².